The molecule has 3 heteroatoms. The van der Waals surface area contributed by atoms with E-state index in [9.17, 15) is 0 Å². The van der Waals surface area contributed by atoms with E-state index >= 15 is 0 Å². The molecule has 0 saturated carbocycles. The van der Waals surface area contributed by atoms with Gasteiger partial charge in [0.1, 0.15) is 5.58 Å². The first-order chi connectivity index (χ1) is 27.2. The van der Waals surface area contributed by atoms with E-state index in [0.29, 0.717) is 0 Å². The van der Waals surface area contributed by atoms with Crippen LogP contribution in [0.5, 0.6) is 0 Å². The summed E-state index contributed by atoms with van der Waals surface area (Å²) in [7, 11) is 0. The largest absolute Gasteiger partial charge is 0.454 e. The van der Waals surface area contributed by atoms with Gasteiger partial charge in [0.05, 0.1) is 11.4 Å². The van der Waals surface area contributed by atoms with Gasteiger partial charge in [-0.25, -0.2) is 0 Å². The highest BCUT2D eigenvalue weighted by Crippen LogP contribution is 2.46. The first-order valence-corrected chi connectivity index (χ1v) is 19.5. The molecule has 2 heterocycles. The topological polar surface area (TPSA) is 16.4 Å². The number of fused-ring (bicyclic) bond motifs is 7. The van der Waals surface area contributed by atoms with Crippen LogP contribution in [0, 0.1) is 0 Å². The number of thiophene rings is 1. The standard InChI is InChI=1S/C52H33NOS/c1-2-12-36-32-39(24-23-34(36)11-1)38-14-9-13-37(31-38)35-25-28-41(29-26-35)53(48-20-10-18-45-43-16-4-7-21-49(43)54-52(45)48)47-19-6-3-15-42(47)40-27-30-51-46(33-40)44-17-5-8-22-50(44)55-51/h1-33H. The zero-order valence-electron chi connectivity index (χ0n) is 29.8. The number of furan rings is 1. The van der Waals surface area contributed by atoms with Gasteiger partial charge in [-0.2, -0.15) is 0 Å². The Morgan fingerprint density at radius 3 is 1.91 bits per heavy atom. The van der Waals surface area contributed by atoms with Crippen LogP contribution in [0.3, 0.4) is 0 Å². The van der Waals surface area contributed by atoms with Crippen LogP contribution in [-0.4, -0.2) is 0 Å². The third-order valence-corrected chi connectivity index (χ3v) is 12.0. The number of hydrogen-bond donors (Lipinski definition) is 0. The van der Waals surface area contributed by atoms with Crippen LogP contribution >= 0.6 is 11.3 Å². The minimum absolute atomic E-state index is 0.866. The zero-order chi connectivity index (χ0) is 36.3. The highest BCUT2D eigenvalue weighted by Gasteiger charge is 2.22. The van der Waals surface area contributed by atoms with Crippen molar-refractivity contribution in [1.82, 2.24) is 0 Å². The van der Waals surface area contributed by atoms with Crippen LogP contribution in [0.25, 0.3) is 86.3 Å². The van der Waals surface area contributed by atoms with Crippen molar-refractivity contribution in [3.8, 4) is 33.4 Å². The number of rotatable bonds is 6. The Hall–Kier alpha value is -6.94. The van der Waals surface area contributed by atoms with E-state index < -0.39 is 0 Å². The van der Waals surface area contributed by atoms with Crippen LogP contribution in [0.4, 0.5) is 17.1 Å². The van der Waals surface area contributed by atoms with E-state index in [0.717, 1.165) is 50.1 Å². The predicted octanol–water partition coefficient (Wildman–Crippen LogP) is 15.6. The monoisotopic (exact) mass is 719 g/mol. The maximum Gasteiger partial charge on any atom is 0.159 e. The fourth-order valence-corrected chi connectivity index (χ4v) is 9.26. The molecule has 0 amide bonds. The molecule has 55 heavy (non-hydrogen) atoms. The van der Waals surface area contributed by atoms with Gasteiger partial charge < -0.3 is 9.32 Å². The lowest BCUT2D eigenvalue weighted by Crippen LogP contribution is -2.11. The zero-order valence-corrected chi connectivity index (χ0v) is 30.6. The number of anilines is 3. The summed E-state index contributed by atoms with van der Waals surface area (Å²) < 4.78 is 9.29. The van der Waals surface area contributed by atoms with Crippen molar-refractivity contribution >= 4 is 81.3 Å². The third-order valence-electron chi connectivity index (χ3n) is 10.9. The van der Waals surface area contributed by atoms with Crippen LogP contribution < -0.4 is 4.90 Å². The van der Waals surface area contributed by atoms with Crippen molar-refractivity contribution in [3.63, 3.8) is 0 Å². The molecule has 9 aromatic carbocycles. The third kappa shape index (κ3) is 5.40. The molecule has 0 fully saturated rings. The average Bonchev–Trinajstić information content (AvgIpc) is 3.83. The van der Waals surface area contributed by atoms with Gasteiger partial charge in [0, 0.05) is 42.2 Å². The molecule has 0 atom stereocenters. The van der Waals surface area contributed by atoms with Crippen molar-refractivity contribution in [1.29, 1.82) is 0 Å². The van der Waals surface area contributed by atoms with E-state index in [1.54, 1.807) is 0 Å². The van der Waals surface area contributed by atoms with Crippen LogP contribution in [0.2, 0.25) is 0 Å². The maximum absolute atomic E-state index is 6.68. The van der Waals surface area contributed by atoms with Crippen LogP contribution in [-0.2, 0) is 0 Å². The first-order valence-electron chi connectivity index (χ1n) is 18.7. The fraction of sp³-hybridized carbons (Fsp3) is 0. The van der Waals surface area contributed by atoms with E-state index in [2.05, 4.69) is 199 Å². The molecule has 258 valence electrons. The summed E-state index contributed by atoms with van der Waals surface area (Å²) in [6.07, 6.45) is 0. The molecular formula is C52H33NOS. The van der Waals surface area contributed by atoms with E-state index in [1.807, 2.05) is 17.4 Å². The minimum atomic E-state index is 0.866. The van der Waals surface area contributed by atoms with E-state index in [-0.39, 0.29) is 0 Å². The Kier molecular flexibility index (Phi) is 7.39. The van der Waals surface area contributed by atoms with Gasteiger partial charge >= 0.3 is 0 Å². The van der Waals surface area contributed by atoms with Gasteiger partial charge in [-0.15, -0.1) is 11.3 Å². The molecule has 0 aliphatic carbocycles. The lowest BCUT2D eigenvalue weighted by molar-refractivity contribution is 0.669. The quantitative estimate of drug-likeness (QED) is 0.170. The molecule has 11 aromatic rings. The summed E-state index contributed by atoms with van der Waals surface area (Å²) in [5.74, 6) is 0. The second-order valence-corrected chi connectivity index (χ2v) is 15.2. The summed E-state index contributed by atoms with van der Waals surface area (Å²) in [6.45, 7) is 0. The summed E-state index contributed by atoms with van der Waals surface area (Å²) in [5, 5.41) is 7.30. The van der Waals surface area contributed by atoms with Crippen molar-refractivity contribution < 1.29 is 4.42 Å². The van der Waals surface area contributed by atoms with Crippen molar-refractivity contribution in [3.05, 3.63) is 200 Å². The number of nitrogens with zero attached hydrogens (tertiary/aromatic N) is 1. The van der Waals surface area contributed by atoms with Crippen molar-refractivity contribution in [2.75, 3.05) is 4.90 Å². The van der Waals surface area contributed by atoms with Crippen molar-refractivity contribution in [2.45, 2.75) is 0 Å². The van der Waals surface area contributed by atoms with Gasteiger partial charge in [-0.1, -0.05) is 140 Å². The molecule has 2 aromatic heterocycles. The molecule has 0 aliphatic rings. The van der Waals surface area contributed by atoms with Gasteiger partial charge in [0.25, 0.3) is 0 Å². The van der Waals surface area contributed by atoms with Gasteiger partial charge in [-0.3, -0.25) is 0 Å². The van der Waals surface area contributed by atoms with Crippen LogP contribution in [0.15, 0.2) is 205 Å². The smallest absolute Gasteiger partial charge is 0.159 e. The Morgan fingerprint density at radius 1 is 0.364 bits per heavy atom. The van der Waals surface area contributed by atoms with Crippen LogP contribution in [0.1, 0.15) is 0 Å². The molecule has 0 bridgehead atoms. The average molecular weight is 720 g/mol. The summed E-state index contributed by atoms with van der Waals surface area (Å²) in [5.41, 5.74) is 12.0. The lowest BCUT2D eigenvalue weighted by atomic mass is 9.97. The second kappa shape index (κ2) is 12.9. The Morgan fingerprint density at radius 2 is 1.00 bits per heavy atom. The molecule has 11 rings (SSSR count). The minimum Gasteiger partial charge on any atom is -0.454 e. The number of para-hydroxylation sites is 3. The van der Waals surface area contributed by atoms with Crippen molar-refractivity contribution in [2.24, 2.45) is 0 Å². The van der Waals surface area contributed by atoms with Gasteiger partial charge in [-0.05, 0) is 99.3 Å². The Labute approximate surface area is 322 Å². The summed E-state index contributed by atoms with van der Waals surface area (Å²) >= 11 is 1.85. The number of hydrogen-bond acceptors (Lipinski definition) is 3. The second-order valence-electron chi connectivity index (χ2n) is 14.1. The molecule has 0 unspecified atom stereocenters. The van der Waals surface area contributed by atoms with E-state index in [4.69, 9.17) is 4.42 Å². The molecule has 0 aliphatic heterocycles. The molecule has 0 saturated heterocycles. The van der Waals surface area contributed by atoms with E-state index in [1.165, 1.54) is 53.2 Å². The highest BCUT2D eigenvalue weighted by atomic mass is 32.1. The predicted molar refractivity (Wildman–Crippen MR) is 235 cm³/mol. The SMILES string of the molecule is c1cc(-c2ccc(N(c3ccccc3-c3ccc4sc5ccccc5c4c3)c3cccc4c3oc3ccccc34)cc2)cc(-c2ccc3ccccc3c2)c1. The molecule has 0 N–H and O–H groups in total. The van der Waals surface area contributed by atoms with Gasteiger partial charge in [0.15, 0.2) is 5.58 Å². The first kappa shape index (κ1) is 31.6. The van der Waals surface area contributed by atoms with Gasteiger partial charge in [0.2, 0.25) is 0 Å². The fourth-order valence-electron chi connectivity index (χ4n) is 8.17. The molecular weight excluding hydrogens is 687 g/mol. The summed E-state index contributed by atoms with van der Waals surface area (Å²) in [4.78, 5) is 2.37. The number of benzene rings is 9. The maximum atomic E-state index is 6.68. The summed E-state index contributed by atoms with van der Waals surface area (Å²) in [6, 6.07) is 72.2. The highest BCUT2D eigenvalue weighted by molar-refractivity contribution is 7.25. The molecule has 0 radical (unpaired) electrons. The Bertz CT molecular complexity index is 3220. The Balaban J connectivity index is 1.06. The molecule has 0 spiro atoms. The molecule has 2 nitrogen and oxygen atoms in total. The normalized spacial score (nSPS) is 11.6. The lowest BCUT2D eigenvalue weighted by Gasteiger charge is -2.28.